The lowest BCUT2D eigenvalue weighted by Crippen LogP contribution is -2.31. The maximum absolute atomic E-state index is 12.3. The summed E-state index contributed by atoms with van der Waals surface area (Å²) in [4.78, 5) is 12.3. The molecule has 0 saturated carbocycles. The average Bonchev–Trinajstić information content (AvgIpc) is 2.56. The molecule has 1 aliphatic carbocycles. The van der Waals surface area contributed by atoms with Crippen LogP contribution in [0.1, 0.15) is 42.9 Å². The largest absolute Gasteiger partial charge is 0.384 e. The van der Waals surface area contributed by atoms with Crippen molar-refractivity contribution in [2.45, 2.75) is 45.6 Å². The van der Waals surface area contributed by atoms with E-state index in [1.165, 1.54) is 28.7 Å². The minimum absolute atomic E-state index is 0.207. The number of benzene rings is 1. The van der Waals surface area contributed by atoms with Gasteiger partial charge in [-0.25, -0.2) is 4.68 Å². The van der Waals surface area contributed by atoms with Gasteiger partial charge in [0.25, 0.3) is 5.56 Å². The zero-order chi connectivity index (χ0) is 16.4. The van der Waals surface area contributed by atoms with E-state index >= 15 is 0 Å². The van der Waals surface area contributed by atoms with Crippen molar-refractivity contribution in [3.63, 3.8) is 0 Å². The fraction of sp³-hybridized carbons (Fsp3) is 0.389. The number of fused-ring (bicyclic) bond motifs is 1. The lowest BCUT2D eigenvalue weighted by atomic mass is 9.90. The van der Waals surface area contributed by atoms with E-state index < -0.39 is 0 Å². The molecule has 120 valence electrons. The number of amidine groups is 1. The Morgan fingerprint density at radius 3 is 2.70 bits per heavy atom. The molecule has 2 aromatic rings. The maximum atomic E-state index is 12.3. The van der Waals surface area contributed by atoms with Gasteiger partial charge in [-0.05, 0) is 55.4 Å². The Morgan fingerprint density at radius 1 is 1.26 bits per heavy atom. The molecule has 0 atom stereocenters. The van der Waals surface area contributed by atoms with Gasteiger partial charge in [0.15, 0.2) is 0 Å². The fourth-order valence-electron chi connectivity index (χ4n) is 3.13. The summed E-state index contributed by atoms with van der Waals surface area (Å²) < 4.78 is 1.42. The second-order valence-electron chi connectivity index (χ2n) is 6.08. The van der Waals surface area contributed by atoms with Gasteiger partial charge in [0.2, 0.25) is 0 Å². The normalized spacial score (nSPS) is 13.6. The van der Waals surface area contributed by atoms with Gasteiger partial charge in [0, 0.05) is 12.1 Å². The van der Waals surface area contributed by atoms with Crippen LogP contribution in [0.25, 0.3) is 11.3 Å². The van der Waals surface area contributed by atoms with Gasteiger partial charge in [0.05, 0.1) is 11.3 Å². The third-order valence-electron chi connectivity index (χ3n) is 4.34. The zero-order valence-electron chi connectivity index (χ0n) is 13.4. The number of hydrogen-bond donors (Lipinski definition) is 2. The molecule has 3 N–H and O–H groups in total. The Morgan fingerprint density at radius 2 is 2.00 bits per heavy atom. The number of nitrogens with one attached hydrogen (secondary N) is 1. The standard InChI is InChI=1S/C18H22N4O/c1-2-9-22-18(23)15(17(19)20)11-16(21-22)14-8-7-12-5-3-4-6-13(12)10-14/h7-8,10-11H,2-6,9H2,1H3,(H3,19,20). The minimum atomic E-state index is -0.291. The summed E-state index contributed by atoms with van der Waals surface area (Å²) in [6.45, 7) is 2.52. The smallest absolute Gasteiger partial charge is 0.277 e. The first-order valence-corrected chi connectivity index (χ1v) is 8.19. The van der Waals surface area contributed by atoms with Crippen LogP contribution in [-0.2, 0) is 19.4 Å². The summed E-state index contributed by atoms with van der Waals surface area (Å²) in [5, 5.41) is 12.1. The lowest BCUT2D eigenvalue weighted by Gasteiger charge is -2.17. The monoisotopic (exact) mass is 310 g/mol. The number of rotatable bonds is 4. The number of nitrogens with two attached hydrogens (primary N) is 1. The van der Waals surface area contributed by atoms with E-state index in [0.29, 0.717) is 12.2 Å². The second-order valence-corrected chi connectivity index (χ2v) is 6.08. The van der Waals surface area contributed by atoms with Crippen LogP contribution in [-0.4, -0.2) is 15.6 Å². The molecule has 0 spiro atoms. The summed E-state index contributed by atoms with van der Waals surface area (Å²) in [5.41, 5.74) is 9.98. The molecule has 0 fully saturated rings. The molecular weight excluding hydrogens is 288 g/mol. The Bertz CT molecular complexity index is 807. The van der Waals surface area contributed by atoms with E-state index in [4.69, 9.17) is 11.1 Å². The van der Waals surface area contributed by atoms with Crippen LogP contribution in [0.4, 0.5) is 0 Å². The van der Waals surface area contributed by atoms with Gasteiger partial charge in [-0.15, -0.1) is 0 Å². The van der Waals surface area contributed by atoms with Gasteiger partial charge in [-0.1, -0.05) is 19.1 Å². The van der Waals surface area contributed by atoms with E-state index in [0.717, 1.165) is 24.8 Å². The molecule has 0 aliphatic heterocycles. The van der Waals surface area contributed by atoms with E-state index in [1.54, 1.807) is 6.07 Å². The van der Waals surface area contributed by atoms with Gasteiger partial charge in [-0.2, -0.15) is 5.10 Å². The van der Waals surface area contributed by atoms with Crippen molar-refractivity contribution in [2.75, 3.05) is 0 Å². The molecule has 1 aromatic carbocycles. The van der Waals surface area contributed by atoms with E-state index in [2.05, 4.69) is 23.3 Å². The minimum Gasteiger partial charge on any atom is -0.384 e. The SMILES string of the molecule is CCCn1nc(-c2ccc3c(c2)CCCC3)cc(C(=N)N)c1=O. The fourth-order valence-corrected chi connectivity index (χ4v) is 3.13. The van der Waals surface area contributed by atoms with E-state index in [-0.39, 0.29) is 17.0 Å². The molecule has 0 radical (unpaired) electrons. The van der Waals surface area contributed by atoms with E-state index in [9.17, 15) is 4.79 Å². The maximum Gasteiger partial charge on any atom is 0.277 e. The summed E-state index contributed by atoms with van der Waals surface area (Å²) >= 11 is 0. The predicted octanol–water partition coefficient (Wildman–Crippen LogP) is 2.48. The average molecular weight is 310 g/mol. The van der Waals surface area contributed by atoms with Crippen LogP contribution < -0.4 is 11.3 Å². The molecule has 5 nitrogen and oxygen atoms in total. The van der Waals surface area contributed by atoms with Gasteiger partial charge in [0.1, 0.15) is 5.84 Å². The molecule has 1 heterocycles. The van der Waals surface area contributed by atoms with Gasteiger partial charge in [-0.3, -0.25) is 10.2 Å². The molecule has 5 heteroatoms. The Labute approximate surface area is 135 Å². The van der Waals surface area contributed by atoms with Crippen LogP contribution in [0.15, 0.2) is 29.1 Å². The second kappa shape index (κ2) is 6.36. The van der Waals surface area contributed by atoms with Crippen molar-refractivity contribution in [1.29, 1.82) is 5.41 Å². The summed E-state index contributed by atoms with van der Waals surface area (Å²) in [5.74, 6) is -0.207. The highest BCUT2D eigenvalue weighted by molar-refractivity contribution is 5.95. The molecule has 0 amide bonds. The molecular formula is C18H22N4O. The molecule has 23 heavy (non-hydrogen) atoms. The molecule has 0 saturated heterocycles. The molecule has 0 bridgehead atoms. The van der Waals surface area contributed by atoms with Crippen LogP contribution in [0, 0.1) is 5.41 Å². The first-order valence-electron chi connectivity index (χ1n) is 8.19. The van der Waals surface area contributed by atoms with Crippen LogP contribution in [0.2, 0.25) is 0 Å². The van der Waals surface area contributed by atoms with Gasteiger partial charge >= 0.3 is 0 Å². The summed E-state index contributed by atoms with van der Waals surface area (Å²) in [6.07, 6.45) is 5.50. The number of hydrogen-bond acceptors (Lipinski definition) is 3. The number of nitrogens with zero attached hydrogens (tertiary/aromatic N) is 2. The van der Waals surface area contributed by atoms with Crippen LogP contribution >= 0.6 is 0 Å². The predicted molar refractivity (Wildman–Crippen MR) is 91.9 cm³/mol. The number of aromatic nitrogens is 2. The van der Waals surface area contributed by atoms with Crippen molar-refractivity contribution in [2.24, 2.45) is 5.73 Å². The van der Waals surface area contributed by atoms with Crippen LogP contribution in [0.5, 0.6) is 0 Å². The lowest BCUT2D eigenvalue weighted by molar-refractivity contribution is 0.569. The Kier molecular flexibility index (Phi) is 4.28. The van der Waals surface area contributed by atoms with Gasteiger partial charge < -0.3 is 5.73 Å². The molecule has 0 unspecified atom stereocenters. The summed E-state index contributed by atoms with van der Waals surface area (Å²) in [7, 11) is 0. The first kappa shape index (κ1) is 15.5. The zero-order valence-corrected chi connectivity index (χ0v) is 13.4. The highest BCUT2D eigenvalue weighted by Gasteiger charge is 2.14. The van der Waals surface area contributed by atoms with Crippen molar-refractivity contribution >= 4 is 5.84 Å². The van der Waals surface area contributed by atoms with Crippen molar-refractivity contribution in [3.8, 4) is 11.3 Å². The quantitative estimate of drug-likeness (QED) is 0.672. The molecule has 1 aromatic heterocycles. The van der Waals surface area contributed by atoms with E-state index in [1.807, 2.05) is 6.92 Å². The topological polar surface area (TPSA) is 84.8 Å². The third kappa shape index (κ3) is 3.04. The first-order chi connectivity index (χ1) is 11.1. The highest BCUT2D eigenvalue weighted by Crippen LogP contribution is 2.26. The number of nitrogen functional groups attached to an aromatic ring is 1. The molecule has 3 rings (SSSR count). The Balaban J connectivity index is 2.12. The number of aryl methyl sites for hydroxylation is 3. The van der Waals surface area contributed by atoms with Crippen molar-refractivity contribution in [1.82, 2.24) is 9.78 Å². The highest BCUT2D eigenvalue weighted by atomic mass is 16.1. The van der Waals surface area contributed by atoms with Crippen molar-refractivity contribution < 1.29 is 0 Å². The van der Waals surface area contributed by atoms with Crippen LogP contribution in [0.3, 0.4) is 0 Å². The molecule has 1 aliphatic rings. The third-order valence-corrected chi connectivity index (χ3v) is 4.34. The summed E-state index contributed by atoms with van der Waals surface area (Å²) in [6, 6.07) is 8.02. The Hall–Kier alpha value is -2.43. The van der Waals surface area contributed by atoms with Crippen molar-refractivity contribution in [3.05, 3.63) is 51.3 Å².